The first-order chi connectivity index (χ1) is 18.7. The number of pyridine rings is 1. The topological polar surface area (TPSA) is 17.8 Å². The molecule has 0 fully saturated rings. The summed E-state index contributed by atoms with van der Waals surface area (Å²) < 4.78 is 2.35. The average molecular weight is 489 g/mol. The van der Waals surface area contributed by atoms with Crippen LogP contribution in [-0.4, -0.2) is 9.55 Å². The summed E-state index contributed by atoms with van der Waals surface area (Å²) in [6.07, 6.45) is 7.79. The number of fused-ring (bicyclic) bond motifs is 3. The molecule has 0 spiro atoms. The molecule has 0 aliphatic carbocycles. The molecule has 0 saturated carbocycles. The number of hydrogen-bond donors (Lipinski definition) is 0. The molecule has 0 unspecified atom stereocenters. The number of para-hydroxylation sites is 2. The van der Waals surface area contributed by atoms with Crippen LogP contribution in [0.25, 0.3) is 55.5 Å². The smallest absolute Gasteiger partial charge is 0.0715 e. The molecule has 2 aromatic heterocycles. The van der Waals surface area contributed by atoms with Gasteiger partial charge in [-0.2, -0.15) is 0 Å². The number of benzene rings is 4. The van der Waals surface area contributed by atoms with E-state index in [0.29, 0.717) is 0 Å². The minimum absolute atomic E-state index is 0.960. The Morgan fingerprint density at radius 2 is 1.29 bits per heavy atom. The van der Waals surface area contributed by atoms with Crippen molar-refractivity contribution < 1.29 is 0 Å². The Labute approximate surface area is 223 Å². The highest BCUT2D eigenvalue weighted by molar-refractivity contribution is 6.09. The van der Waals surface area contributed by atoms with Gasteiger partial charge in [0.15, 0.2) is 0 Å². The highest BCUT2D eigenvalue weighted by Gasteiger charge is 2.12. The first kappa shape index (κ1) is 23.4. The van der Waals surface area contributed by atoms with Crippen LogP contribution in [-0.2, 0) is 0 Å². The zero-order valence-electron chi connectivity index (χ0n) is 21.4. The highest BCUT2D eigenvalue weighted by atomic mass is 15.0. The Bertz CT molecular complexity index is 1760. The van der Waals surface area contributed by atoms with Crippen molar-refractivity contribution in [3.8, 4) is 28.1 Å². The first-order valence-corrected chi connectivity index (χ1v) is 12.9. The third-order valence-corrected chi connectivity index (χ3v) is 6.93. The van der Waals surface area contributed by atoms with E-state index in [4.69, 9.17) is 4.98 Å². The van der Waals surface area contributed by atoms with E-state index in [1.165, 1.54) is 21.8 Å². The molecule has 0 radical (unpaired) electrons. The van der Waals surface area contributed by atoms with Crippen LogP contribution < -0.4 is 0 Å². The summed E-state index contributed by atoms with van der Waals surface area (Å²) in [5.74, 6) is 0. The van der Waals surface area contributed by atoms with E-state index in [9.17, 15) is 0 Å². The summed E-state index contributed by atoms with van der Waals surface area (Å²) in [5, 5.41) is 2.54. The van der Waals surface area contributed by atoms with Crippen molar-refractivity contribution in [3.05, 3.63) is 152 Å². The van der Waals surface area contributed by atoms with Gasteiger partial charge in [0.25, 0.3) is 0 Å². The van der Waals surface area contributed by atoms with Crippen molar-refractivity contribution >= 4 is 27.4 Å². The van der Waals surface area contributed by atoms with Gasteiger partial charge in [-0.1, -0.05) is 110 Å². The van der Waals surface area contributed by atoms with E-state index in [1.54, 1.807) is 6.08 Å². The van der Waals surface area contributed by atoms with E-state index >= 15 is 0 Å². The van der Waals surface area contributed by atoms with Gasteiger partial charge in [-0.15, -0.1) is 0 Å². The predicted molar refractivity (Wildman–Crippen MR) is 162 cm³/mol. The van der Waals surface area contributed by atoms with Gasteiger partial charge in [-0.3, -0.25) is 0 Å². The van der Waals surface area contributed by atoms with Gasteiger partial charge in [0, 0.05) is 22.0 Å². The molecular formula is C36H28N2. The van der Waals surface area contributed by atoms with Crippen LogP contribution in [0, 0.1) is 0 Å². The lowest BCUT2D eigenvalue weighted by Gasteiger charge is -2.12. The van der Waals surface area contributed by atoms with E-state index in [0.717, 1.165) is 39.3 Å². The quantitative estimate of drug-likeness (QED) is 0.213. The summed E-state index contributed by atoms with van der Waals surface area (Å²) in [7, 11) is 0. The van der Waals surface area contributed by atoms with E-state index < -0.39 is 0 Å². The van der Waals surface area contributed by atoms with Gasteiger partial charge in [0.2, 0.25) is 0 Å². The molecule has 0 amide bonds. The molecule has 2 heterocycles. The molecule has 2 nitrogen and oxygen atoms in total. The van der Waals surface area contributed by atoms with Crippen molar-refractivity contribution in [1.29, 1.82) is 0 Å². The highest BCUT2D eigenvalue weighted by Crippen LogP contribution is 2.33. The molecule has 0 aliphatic heterocycles. The second kappa shape index (κ2) is 10.2. The van der Waals surface area contributed by atoms with Gasteiger partial charge < -0.3 is 4.57 Å². The molecule has 6 rings (SSSR count). The molecule has 0 aliphatic rings. The average Bonchev–Trinajstić information content (AvgIpc) is 3.32. The van der Waals surface area contributed by atoms with Crippen molar-refractivity contribution in [1.82, 2.24) is 9.55 Å². The first-order valence-electron chi connectivity index (χ1n) is 12.9. The monoisotopic (exact) mass is 488 g/mol. The molecule has 0 N–H and O–H groups in total. The Kier molecular flexibility index (Phi) is 6.29. The lowest BCUT2D eigenvalue weighted by Crippen LogP contribution is -1.95. The number of allylic oxidation sites excluding steroid dienone is 5. The lowest BCUT2D eigenvalue weighted by molar-refractivity contribution is 1.18. The SMILES string of the molecule is C=C/C=C\C=C(/C)c1cc(-c2ccc(-n3c4ccccc4c4ccccc43)cc2)cc(-c2ccccc2)n1. The fourth-order valence-corrected chi connectivity index (χ4v) is 5.02. The van der Waals surface area contributed by atoms with Crippen molar-refractivity contribution in [2.24, 2.45) is 0 Å². The Balaban J connectivity index is 1.46. The number of hydrogen-bond acceptors (Lipinski definition) is 1. The fraction of sp³-hybridized carbons (Fsp3) is 0.0278. The van der Waals surface area contributed by atoms with Gasteiger partial charge in [0.1, 0.15) is 0 Å². The second-order valence-electron chi connectivity index (χ2n) is 9.38. The van der Waals surface area contributed by atoms with Crippen molar-refractivity contribution in [2.75, 3.05) is 0 Å². The number of rotatable bonds is 6. The zero-order chi connectivity index (χ0) is 25.9. The summed E-state index contributed by atoms with van der Waals surface area (Å²) in [5.41, 5.74) is 10.0. The zero-order valence-corrected chi connectivity index (χ0v) is 21.4. The molecule has 2 heteroatoms. The van der Waals surface area contributed by atoms with Crippen LogP contribution in [0.15, 0.2) is 146 Å². The maximum Gasteiger partial charge on any atom is 0.0715 e. The van der Waals surface area contributed by atoms with Crippen LogP contribution in [0.5, 0.6) is 0 Å². The summed E-state index contributed by atoms with van der Waals surface area (Å²) in [6.45, 7) is 5.86. The Hall–Kier alpha value is -4.95. The van der Waals surface area contributed by atoms with E-state index in [1.807, 2.05) is 18.2 Å². The van der Waals surface area contributed by atoms with Crippen LogP contribution in [0.4, 0.5) is 0 Å². The third-order valence-electron chi connectivity index (χ3n) is 6.93. The minimum atomic E-state index is 0.960. The molecular weight excluding hydrogens is 460 g/mol. The Morgan fingerprint density at radius 3 is 1.95 bits per heavy atom. The molecule has 6 aromatic rings. The lowest BCUT2D eigenvalue weighted by atomic mass is 10.00. The maximum absolute atomic E-state index is 5.00. The van der Waals surface area contributed by atoms with Crippen molar-refractivity contribution in [2.45, 2.75) is 6.92 Å². The van der Waals surface area contributed by atoms with Crippen LogP contribution in [0.1, 0.15) is 12.6 Å². The van der Waals surface area contributed by atoms with E-state index in [2.05, 4.69) is 133 Å². The number of aromatic nitrogens is 2. The van der Waals surface area contributed by atoms with Crippen LogP contribution in [0.3, 0.4) is 0 Å². The van der Waals surface area contributed by atoms with Gasteiger partial charge >= 0.3 is 0 Å². The normalized spacial score (nSPS) is 12.0. The largest absolute Gasteiger partial charge is 0.309 e. The van der Waals surface area contributed by atoms with Gasteiger partial charge in [-0.25, -0.2) is 4.98 Å². The molecule has 4 aromatic carbocycles. The van der Waals surface area contributed by atoms with Gasteiger partial charge in [0.05, 0.1) is 22.4 Å². The van der Waals surface area contributed by atoms with Crippen LogP contribution >= 0.6 is 0 Å². The molecule has 38 heavy (non-hydrogen) atoms. The Morgan fingerprint density at radius 1 is 0.658 bits per heavy atom. The standard InChI is InChI=1S/C36H28N2/c1-3-4-6-13-26(2)33-24-29(25-34(37-33)28-14-7-5-8-15-28)27-20-22-30(23-21-27)38-35-18-11-9-16-31(35)32-17-10-12-19-36(32)38/h3-25H,1H2,2H3/b6-4-,26-13+. The molecule has 0 atom stereocenters. The fourth-order valence-electron chi connectivity index (χ4n) is 5.02. The minimum Gasteiger partial charge on any atom is -0.309 e. The maximum atomic E-state index is 5.00. The summed E-state index contributed by atoms with van der Waals surface area (Å²) in [6, 6.07) is 40.8. The van der Waals surface area contributed by atoms with Crippen LogP contribution in [0.2, 0.25) is 0 Å². The molecule has 0 bridgehead atoms. The second-order valence-corrected chi connectivity index (χ2v) is 9.38. The van der Waals surface area contributed by atoms with Gasteiger partial charge in [-0.05, 0) is 60.0 Å². The van der Waals surface area contributed by atoms with E-state index in [-0.39, 0.29) is 0 Å². The summed E-state index contributed by atoms with van der Waals surface area (Å²) >= 11 is 0. The predicted octanol–water partition coefficient (Wildman–Crippen LogP) is 9.66. The molecule has 182 valence electrons. The third kappa shape index (κ3) is 4.38. The molecule has 0 saturated heterocycles. The summed E-state index contributed by atoms with van der Waals surface area (Å²) in [4.78, 5) is 5.00. The van der Waals surface area contributed by atoms with Crippen molar-refractivity contribution in [3.63, 3.8) is 0 Å². The number of nitrogens with zero attached hydrogens (tertiary/aromatic N) is 2.